The van der Waals surface area contributed by atoms with Crippen molar-refractivity contribution in [2.45, 2.75) is 38.1 Å². The van der Waals surface area contributed by atoms with Crippen LogP contribution in [0.1, 0.15) is 41.6 Å². The summed E-state index contributed by atoms with van der Waals surface area (Å²) in [7, 11) is 1.40. The number of rotatable bonds is 4. The Kier molecular flexibility index (Phi) is 4.83. The fourth-order valence-electron chi connectivity index (χ4n) is 2.84. The van der Waals surface area contributed by atoms with Crippen LogP contribution in [0.15, 0.2) is 18.2 Å². The molecule has 0 saturated heterocycles. The van der Waals surface area contributed by atoms with Crippen LogP contribution in [0.2, 0.25) is 5.02 Å². The van der Waals surface area contributed by atoms with Crippen LogP contribution < -0.4 is 5.73 Å². The van der Waals surface area contributed by atoms with Gasteiger partial charge in [0.05, 0.1) is 12.7 Å². The molecule has 2 rings (SSSR count). The molecule has 2 N–H and O–H groups in total. The van der Waals surface area contributed by atoms with Gasteiger partial charge in [-0.25, -0.2) is 4.79 Å². The van der Waals surface area contributed by atoms with Crippen LogP contribution in [0.4, 0.5) is 0 Å². The number of esters is 1. The van der Waals surface area contributed by atoms with Crippen molar-refractivity contribution in [2.24, 2.45) is 11.7 Å². The van der Waals surface area contributed by atoms with Crippen LogP contribution >= 0.6 is 11.6 Å². The maximum atomic E-state index is 11.7. The molecular weight excluding hydrogens is 262 g/mol. The maximum Gasteiger partial charge on any atom is 0.338 e. The van der Waals surface area contributed by atoms with E-state index in [1.54, 1.807) is 12.1 Å². The molecular formula is C15H20ClNO2. The highest BCUT2D eigenvalue weighted by molar-refractivity contribution is 6.30. The summed E-state index contributed by atoms with van der Waals surface area (Å²) in [6.45, 7) is 0. The van der Waals surface area contributed by atoms with Crippen molar-refractivity contribution in [2.75, 3.05) is 7.11 Å². The van der Waals surface area contributed by atoms with E-state index in [4.69, 9.17) is 22.1 Å². The summed E-state index contributed by atoms with van der Waals surface area (Å²) in [6, 6.07) is 5.62. The molecule has 0 aromatic heterocycles. The third-order valence-electron chi connectivity index (χ3n) is 3.97. The van der Waals surface area contributed by atoms with E-state index in [0.717, 1.165) is 24.8 Å². The number of carbonyl (C=O) groups excluding carboxylic acids is 1. The first kappa shape index (κ1) is 14.4. The van der Waals surface area contributed by atoms with Crippen molar-refractivity contribution in [3.63, 3.8) is 0 Å². The van der Waals surface area contributed by atoms with Crippen LogP contribution in [-0.4, -0.2) is 19.1 Å². The molecule has 0 aliphatic heterocycles. The highest BCUT2D eigenvalue weighted by Gasteiger charge is 2.24. The average Bonchev–Trinajstić information content (AvgIpc) is 2.81. The van der Waals surface area contributed by atoms with Gasteiger partial charge in [-0.1, -0.05) is 18.0 Å². The van der Waals surface area contributed by atoms with Crippen LogP contribution in [0.25, 0.3) is 0 Å². The average molecular weight is 282 g/mol. The minimum absolute atomic E-state index is 0.303. The predicted molar refractivity (Wildman–Crippen MR) is 76.4 cm³/mol. The molecule has 0 heterocycles. The second-order valence-corrected chi connectivity index (χ2v) is 5.62. The Balaban J connectivity index is 2.09. The van der Waals surface area contributed by atoms with Gasteiger partial charge in [-0.15, -0.1) is 0 Å². The van der Waals surface area contributed by atoms with Gasteiger partial charge in [0.25, 0.3) is 0 Å². The summed E-state index contributed by atoms with van der Waals surface area (Å²) in [5, 5.41) is 0.651. The van der Waals surface area contributed by atoms with Crippen molar-refractivity contribution in [1.82, 2.24) is 0 Å². The number of halogens is 1. The highest BCUT2D eigenvalue weighted by Crippen LogP contribution is 2.29. The van der Waals surface area contributed by atoms with Gasteiger partial charge in [-0.3, -0.25) is 0 Å². The lowest BCUT2D eigenvalue weighted by atomic mass is 9.93. The van der Waals surface area contributed by atoms with E-state index in [0.29, 0.717) is 22.5 Å². The van der Waals surface area contributed by atoms with Gasteiger partial charge < -0.3 is 10.5 Å². The van der Waals surface area contributed by atoms with Crippen LogP contribution in [-0.2, 0) is 11.2 Å². The third kappa shape index (κ3) is 3.48. The van der Waals surface area contributed by atoms with E-state index < -0.39 is 0 Å². The molecule has 1 aliphatic rings. The number of ether oxygens (including phenoxy) is 1. The summed E-state index contributed by atoms with van der Waals surface area (Å²) in [5.74, 6) is 0.256. The molecule has 1 fully saturated rings. The Hall–Kier alpha value is -1.06. The number of carbonyl (C=O) groups is 1. The first-order valence-electron chi connectivity index (χ1n) is 6.74. The van der Waals surface area contributed by atoms with Crippen LogP contribution in [0, 0.1) is 5.92 Å². The van der Waals surface area contributed by atoms with E-state index in [2.05, 4.69) is 0 Å². The monoisotopic (exact) mass is 281 g/mol. The minimum atomic E-state index is -0.303. The van der Waals surface area contributed by atoms with Crippen molar-refractivity contribution >= 4 is 17.6 Å². The molecule has 0 radical (unpaired) electrons. The summed E-state index contributed by atoms with van der Waals surface area (Å²) < 4.78 is 4.80. The zero-order valence-electron chi connectivity index (χ0n) is 11.2. The lowest BCUT2D eigenvalue weighted by molar-refractivity contribution is 0.0599. The second kappa shape index (κ2) is 6.40. The predicted octanol–water partition coefficient (Wildman–Crippen LogP) is 3.19. The Morgan fingerprint density at radius 2 is 2.26 bits per heavy atom. The van der Waals surface area contributed by atoms with Gasteiger partial charge in [-0.05, 0) is 55.4 Å². The summed E-state index contributed by atoms with van der Waals surface area (Å²) in [5.41, 5.74) is 7.65. The van der Waals surface area contributed by atoms with Gasteiger partial charge in [0.2, 0.25) is 0 Å². The van der Waals surface area contributed by atoms with Crippen LogP contribution in [0.3, 0.4) is 0 Å². The Morgan fingerprint density at radius 3 is 2.89 bits per heavy atom. The number of nitrogens with two attached hydrogens (primary N) is 1. The van der Waals surface area contributed by atoms with Gasteiger partial charge >= 0.3 is 5.97 Å². The number of hydrogen-bond donors (Lipinski definition) is 1. The van der Waals surface area contributed by atoms with Crippen molar-refractivity contribution in [3.05, 3.63) is 34.3 Å². The summed E-state index contributed by atoms with van der Waals surface area (Å²) >= 11 is 6.01. The Bertz CT molecular complexity index is 461. The number of benzene rings is 1. The van der Waals surface area contributed by atoms with Crippen LogP contribution in [0.5, 0.6) is 0 Å². The topological polar surface area (TPSA) is 52.3 Å². The maximum absolute atomic E-state index is 11.7. The molecule has 19 heavy (non-hydrogen) atoms. The lowest BCUT2D eigenvalue weighted by Crippen LogP contribution is -2.24. The molecule has 0 bridgehead atoms. The second-order valence-electron chi connectivity index (χ2n) is 5.19. The molecule has 0 amide bonds. The van der Waals surface area contributed by atoms with E-state index in [9.17, 15) is 4.79 Å². The van der Waals surface area contributed by atoms with Crippen molar-refractivity contribution in [1.29, 1.82) is 0 Å². The molecule has 0 unspecified atom stereocenters. The number of hydrogen-bond acceptors (Lipinski definition) is 3. The molecule has 1 aliphatic carbocycles. The largest absolute Gasteiger partial charge is 0.465 e. The van der Waals surface area contributed by atoms with E-state index in [1.165, 1.54) is 20.0 Å². The molecule has 4 heteroatoms. The Labute approximate surface area is 119 Å². The number of aryl methyl sites for hydroxylation is 1. The van der Waals surface area contributed by atoms with E-state index in [1.807, 2.05) is 6.07 Å². The zero-order chi connectivity index (χ0) is 13.8. The van der Waals surface area contributed by atoms with Gasteiger partial charge in [0.1, 0.15) is 0 Å². The fourth-order valence-corrected chi connectivity index (χ4v) is 3.04. The fraction of sp³-hybridized carbons (Fsp3) is 0.533. The SMILES string of the molecule is COC(=O)c1ccc(Cl)cc1CC[C@@H]1CCC[C@H]1N. The molecule has 104 valence electrons. The molecule has 3 nitrogen and oxygen atoms in total. The van der Waals surface area contributed by atoms with E-state index in [-0.39, 0.29) is 5.97 Å². The molecule has 0 spiro atoms. The lowest BCUT2D eigenvalue weighted by Gasteiger charge is -2.16. The first-order chi connectivity index (χ1) is 9.11. The molecule has 1 aromatic rings. The first-order valence-corrected chi connectivity index (χ1v) is 7.12. The number of methoxy groups -OCH3 is 1. The van der Waals surface area contributed by atoms with Gasteiger partial charge in [0.15, 0.2) is 0 Å². The Morgan fingerprint density at radius 1 is 1.47 bits per heavy atom. The minimum Gasteiger partial charge on any atom is -0.465 e. The van der Waals surface area contributed by atoms with Gasteiger partial charge in [0, 0.05) is 11.1 Å². The summed E-state index contributed by atoms with van der Waals surface area (Å²) in [4.78, 5) is 11.7. The molecule has 1 saturated carbocycles. The van der Waals surface area contributed by atoms with Crippen molar-refractivity contribution < 1.29 is 9.53 Å². The van der Waals surface area contributed by atoms with Crippen molar-refractivity contribution in [3.8, 4) is 0 Å². The standard InChI is InChI=1S/C15H20ClNO2/c1-19-15(18)13-8-7-12(16)9-11(13)6-5-10-3-2-4-14(10)17/h7-10,14H,2-6,17H2,1H3/t10-,14+/m0/s1. The third-order valence-corrected chi connectivity index (χ3v) is 4.21. The summed E-state index contributed by atoms with van der Waals surface area (Å²) in [6.07, 6.45) is 5.35. The quantitative estimate of drug-likeness (QED) is 0.863. The normalized spacial score (nSPS) is 22.5. The molecule has 1 aromatic carbocycles. The molecule has 2 atom stereocenters. The zero-order valence-corrected chi connectivity index (χ0v) is 12.0. The highest BCUT2D eigenvalue weighted by atomic mass is 35.5. The van der Waals surface area contributed by atoms with Gasteiger partial charge in [-0.2, -0.15) is 0 Å². The smallest absolute Gasteiger partial charge is 0.338 e. The van der Waals surface area contributed by atoms with E-state index >= 15 is 0 Å².